The molecule has 0 radical (unpaired) electrons. The maximum atomic E-state index is 12.0. The van der Waals surface area contributed by atoms with Crippen molar-refractivity contribution in [1.82, 2.24) is 5.32 Å². The van der Waals surface area contributed by atoms with Crippen LogP contribution in [0, 0.1) is 11.8 Å². The fourth-order valence-electron chi connectivity index (χ4n) is 3.43. The number of carbonyl (C=O) groups is 1. The molecule has 2 fully saturated rings. The number of rotatable bonds is 9. The largest absolute Gasteiger partial charge is 0.394 e. The van der Waals surface area contributed by atoms with Crippen LogP contribution in [0.1, 0.15) is 6.92 Å². The summed E-state index contributed by atoms with van der Waals surface area (Å²) in [7, 11) is 0. The molecular formula is C19H31NO13. The number of aliphatic hydroxyl groups is 8. The zero-order valence-electron chi connectivity index (χ0n) is 17.8. The van der Waals surface area contributed by atoms with Crippen LogP contribution in [0.2, 0.25) is 0 Å². The normalized spacial score (nSPS) is 39.9. The molecule has 0 aromatic rings. The van der Waals surface area contributed by atoms with Crippen molar-refractivity contribution in [3.05, 3.63) is 0 Å². The van der Waals surface area contributed by atoms with Crippen molar-refractivity contribution in [3.8, 4) is 11.8 Å². The molecule has 11 atom stereocenters. The molecule has 1 amide bonds. The smallest absolute Gasteiger partial charge is 0.296 e. The summed E-state index contributed by atoms with van der Waals surface area (Å²) in [5, 5.41) is 81.0. The number of ether oxygens (including phenoxy) is 4. The second kappa shape index (κ2) is 12.9. The quantitative estimate of drug-likeness (QED) is 0.140. The summed E-state index contributed by atoms with van der Waals surface area (Å²) in [6, 6.07) is -1.35. The van der Waals surface area contributed by atoms with E-state index in [9.17, 15) is 40.5 Å². The average Bonchev–Trinajstić information content (AvgIpc) is 2.80. The maximum Gasteiger partial charge on any atom is 0.296 e. The third-order valence-electron chi connectivity index (χ3n) is 5.19. The summed E-state index contributed by atoms with van der Waals surface area (Å²) < 4.78 is 21.7. The maximum absolute atomic E-state index is 12.0. The molecule has 4 unspecified atom stereocenters. The molecule has 0 aliphatic carbocycles. The van der Waals surface area contributed by atoms with Crippen LogP contribution in [0.5, 0.6) is 0 Å². The van der Waals surface area contributed by atoms with Crippen molar-refractivity contribution in [2.24, 2.45) is 0 Å². The van der Waals surface area contributed by atoms with E-state index in [0.717, 1.165) is 0 Å². The van der Waals surface area contributed by atoms with Gasteiger partial charge in [0, 0.05) is 0 Å². The molecular weight excluding hydrogens is 450 g/mol. The third kappa shape index (κ3) is 6.79. The Labute approximate surface area is 189 Å². The lowest BCUT2D eigenvalue weighted by Gasteiger charge is -2.47. The lowest BCUT2D eigenvalue weighted by Crippen LogP contribution is -2.67. The van der Waals surface area contributed by atoms with Gasteiger partial charge in [0.2, 0.25) is 0 Å². The van der Waals surface area contributed by atoms with Crippen molar-refractivity contribution in [3.63, 3.8) is 0 Å². The van der Waals surface area contributed by atoms with Gasteiger partial charge in [0.1, 0.15) is 54.9 Å². The second-order valence-electron chi connectivity index (χ2n) is 7.56. The minimum absolute atomic E-state index is 0.434. The van der Waals surface area contributed by atoms with Crippen LogP contribution in [0.15, 0.2) is 0 Å². The Hall–Kier alpha value is -1.45. The van der Waals surface area contributed by atoms with Gasteiger partial charge >= 0.3 is 0 Å². The van der Waals surface area contributed by atoms with Crippen LogP contribution in [0.3, 0.4) is 0 Å². The molecule has 0 aromatic carbocycles. The highest BCUT2D eigenvalue weighted by Gasteiger charge is 2.51. The van der Waals surface area contributed by atoms with Gasteiger partial charge in [-0.1, -0.05) is 5.92 Å². The second-order valence-corrected chi connectivity index (χ2v) is 7.56. The fourth-order valence-corrected chi connectivity index (χ4v) is 3.43. The number of hydrogen-bond acceptors (Lipinski definition) is 13. The Kier molecular flexibility index (Phi) is 10.8. The van der Waals surface area contributed by atoms with Gasteiger partial charge in [-0.25, -0.2) is 0 Å². The Morgan fingerprint density at radius 3 is 2.18 bits per heavy atom. The van der Waals surface area contributed by atoms with Crippen LogP contribution < -0.4 is 5.32 Å². The minimum Gasteiger partial charge on any atom is -0.394 e. The van der Waals surface area contributed by atoms with Crippen LogP contribution in [-0.2, 0) is 23.7 Å². The molecule has 2 saturated heterocycles. The summed E-state index contributed by atoms with van der Waals surface area (Å²) >= 11 is 0. The first kappa shape index (κ1) is 27.8. The van der Waals surface area contributed by atoms with Crippen LogP contribution in [-0.4, -0.2) is 141 Å². The van der Waals surface area contributed by atoms with E-state index in [1.54, 1.807) is 0 Å². The van der Waals surface area contributed by atoms with E-state index in [1.807, 2.05) is 0 Å². The molecule has 9 N–H and O–H groups in total. The molecule has 0 saturated carbocycles. The summed E-state index contributed by atoms with van der Waals surface area (Å²) in [6.07, 6.45) is -15.2. The highest BCUT2D eigenvalue weighted by atomic mass is 16.7. The highest BCUT2D eigenvalue weighted by Crippen LogP contribution is 2.29. The van der Waals surface area contributed by atoms with Crippen molar-refractivity contribution >= 4 is 5.91 Å². The zero-order chi connectivity index (χ0) is 24.7. The summed E-state index contributed by atoms with van der Waals surface area (Å²) in [4.78, 5) is 12.0. The zero-order valence-corrected chi connectivity index (χ0v) is 17.8. The first-order valence-corrected chi connectivity index (χ1v) is 10.2. The van der Waals surface area contributed by atoms with E-state index < -0.39 is 99.8 Å². The number of amides is 1. The number of aliphatic hydroxyl groups excluding tert-OH is 8. The van der Waals surface area contributed by atoms with E-state index >= 15 is 0 Å². The average molecular weight is 481 g/mol. The van der Waals surface area contributed by atoms with Gasteiger partial charge in [-0.3, -0.25) is 4.79 Å². The molecule has 2 heterocycles. The lowest BCUT2D eigenvalue weighted by molar-refractivity contribution is -0.349. The molecule has 33 heavy (non-hydrogen) atoms. The molecule has 2 aliphatic rings. The van der Waals surface area contributed by atoms with Crippen LogP contribution in [0.4, 0.5) is 0 Å². The summed E-state index contributed by atoms with van der Waals surface area (Å²) in [6.45, 7) is -1.09. The Morgan fingerprint density at radius 2 is 1.61 bits per heavy atom. The van der Waals surface area contributed by atoms with Gasteiger partial charge in [-0.2, -0.15) is 0 Å². The molecule has 190 valence electrons. The van der Waals surface area contributed by atoms with Crippen LogP contribution >= 0.6 is 0 Å². The minimum atomic E-state index is -1.79. The highest BCUT2D eigenvalue weighted by molar-refractivity contribution is 5.93. The van der Waals surface area contributed by atoms with E-state index in [-0.39, 0.29) is 0 Å². The van der Waals surface area contributed by atoms with Gasteiger partial charge in [0.25, 0.3) is 5.91 Å². The Bertz CT molecular complexity index is 682. The number of hydrogen-bond donors (Lipinski definition) is 9. The van der Waals surface area contributed by atoms with Gasteiger partial charge in [-0.15, -0.1) is 0 Å². The third-order valence-corrected chi connectivity index (χ3v) is 5.19. The van der Waals surface area contributed by atoms with E-state index in [2.05, 4.69) is 17.2 Å². The summed E-state index contributed by atoms with van der Waals surface area (Å²) in [5.74, 6) is 3.77. The number of nitrogens with one attached hydrogen (secondary N) is 1. The van der Waals surface area contributed by atoms with Crippen molar-refractivity contribution in [2.45, 2.75) is 74.4 Å². The van der Waals surface area contributed by atoms with Gasteiger partial charge in [-0.05, 0) is 12.8 Å². The van der Waals surface area contributed by atoms with Gasteiger partial charge < -0.3 is 65.1 Å². The molecule has 2 aliphatic heterocycles. The fraction of sp³-hybridized carbons (Fsp3) is 0.842. The standard InChI is InChI=1S/C19H31NO13/c1-2-3-11(25)20-12-14(27)17(10(6-23)32-18(12)30-7-8(24)4-21)33-19-16(29)15(28)13(26)9(5-22)31-19/h8-10,12-19,21-24,26-29H,4-7H2,1H3,(H,20,25)/t8-,9?,10?,12+,13+,14?,15?,16+,17-,18-,19+/m1/s1. The molecule has 2 rings (SSSR count). The topological polar surface area (TPSA) is 228 Å². The first-order chi connectivity index (χ1) is 15.7. The van der Waals surface area contributed by atoms with Crippen molar-refractivity contribution < 1.29 is 64.6 Å². The Balaban J connectivity index is 2.24. The number of carbonyl (C=O) groups excluding carboxylic acids is 1. The monoisotopic (exact) mass is 481 g/mol. The molecule has 14 nitrogen and oxygen atoms in total. The first-order valence-electron chi connectivity index (χ1n) is 10.2. The molecule has 0 bridgehead atoms. The molecule has 14 heteroatoms. The molecule has 0 aromatic heterocycles. The van der Waals surface area contributed by atoms with E-state index in [4.69, 9.17) is 24.1 Å². The SMILES string of the molecule is CC#CC(=O)N[C@H]1C(O)[C@H](O[C@@H]2OC(CO)[C@H](O)C(O)[C@@H]2O)C(CO)O[C@H]1OC[C@H](O)CO. The molecule has 0 spiro atoms. The lowest BCUT2D eigenvalue weighted by atomic mass is 9.95. The van der Waals surface area contributed by atoms with Gasteiger partial charge in [0.05, 0.1) is 26.4 Å². The van der Waals surface area contributed by atoms with E-state index in [1.165, 1.54) is 6.92 Å². The van der Waals surface area contributed by atoms with Crippen molar-refractivity contribution in [1.29, 1.82) is 0 Å². The summed E-state index contributed by atoms with van der Waals surface area (Å²) in [5.41, 5.74) is 0. The predicted molar refractivity (Wildman–Crippen MR) is 105 cm³/mol. The van der Waals surface area contributed by atoms with Gasteiger partial charge in [0.15, 0.2) is 12.6 Å². The van der Waals surface area contributed by atoms with Crippen molar-refractivity contribution in [2.75, 3.05) is 26.4 Å². The van der Waals surface area contributed by atoms with E-state index in [0.29, 0.717) is 0 Å². The predicted octanol–water partition coefficient (Wildman–Crippen LogP) is -5.87. The Morgan fingerprint density at radius 1 is 0.970 bits per heavy atom. The van der Waals surface area contributed by atoms with Crippen LogP contribution in [0.25, 0.3) is 0 Å².